The average molecular weight is 331 g/mol. The van der Waals surface area contributed by atoms with Gasteiger partial charge in [-0.15, -0.1) is 6.58 Å². The van der Waals surface area contributed by atoms with Gasteiger partial charge in [0.2, 0.25) is 0 Å². The lowest BCUT2D eigenvalue weighted by Crippen LogP contribution is -2.11. The maximum atomic E-state index is 11.7. The molecule has 0 spiro atoms. The number of carboxylic acid groups (broad SMARTS) is 1. The van der Waals surface area contributed by atoms with Crippen molar-refractivity contribution in [2.45, 2.75) is 13.3 Å². The third-order valence-electron chi connectivity index (χ3n) is 3.26. The lowest BCUT2D eigenvalue weighted by Gasteiger charge is -2.14. The molecule has 0 fully saturated rings. The molecule has 24 heavy (non-hydrogen) atoms. The van der Waals surface area contributed by atoms with E-state index < -0.39 is 18.5 Å². The summed E-state index contributed by atoms with van der Waals surface area (Å²) in [6, 6.07) is 3.42. The first-order valence-corrected chi connectivity index (χ1v) is 7.10. The van der Waals surface area contributed by atoms with Gasteiger partial charge < -0.3 is 19.4 Å². The summed E-state index contributed by atoms with van der Waals surface area (Å²) in [5.41, 5.74) is 2.20. The van der Waals surface area contributed by atoms with Crippen LogP contribution >= 0.6 is 0 Å². The highest BCUT2D eigenvalue weighted by Crippen LogP contribution is 2.34. The first-order chi connectivity index (χ1) is 11.5. The molecule has 0 bridgehead atoms. The Morgan fingerprint density at radius 1 is 1.46 bits per heavy atom. The maximum absolute atomic E-state index is 11.7. The summed E-state index contributed by atoms with van der Waals surface area (Å²) in [6.45, 7) is 4.87. The van der Waals surface area contributed by atoms with Gasteiger partial charge in [-0.1, -0.05) is 11.2 Å². The second-order valence-corrected chi connectivity index (χ2v) is 5.00. The van der Waals surface area contributed by atoms with E-state index in [4.69, 9.17) is 14.6 Å². The predicted molar refractivity (Wildman–Crippen MR) is 87.2 cm³/mol. The number of hydrogen-bond donors (Lipinski definition) is 1. The van der Waals surface area contributed by atoms with E-state index in [-0.39, 0.29) is 0 Å². The Morgan fingerprint density at radius 2 is 2.21 bits per heavy atom. The summed E-state index contributed by atoms with van der Waals surface area (Å²) < 4.78 is 10.6. The SMILES string of the molecule is C=CCc1cc(/C=C2\C(=O)ON=C2C)cc(OC)c1OCC(=O)O. The number of rotatable bonds is 7. The Bertz CT molecular complexity index is 748. The molecule has 1 aliphatic rings. The van der Waals surface area contributed by atoms with Gasteiger partial charge in [0, 0.05) is 5.56 Å². The average Bonchev–Trinajstić information content (AvgIpc) is 2.85. The Morgan fingerprint density at radius 3 is 2.75 bits per heavy atom. The number of hydrogen-bond acceptors (Lipinski definition) is 6. The van der Waals surface area contributed by atoms with Crippen LogP contribution in [0.2, 0.25) is 0 Å². The molecule has 7 nitrogen and oxygen atoms in total. The molecule has 1 N–H and O–H groups in total. The predicted octanol–water partition coefficient (Wildman–Crippen LogP) is 2.20. The van der Waals surface area contributed by atoms with Gasteiger partial charge in [-0.3, -0.25) is 0 Å². The number of carboxylic acids is 1. The van der Waals surface area contributed by atoms with Crippen LogP contribution in [-0.2, 0) is 20.8 Å². The fourth-order valence-corrected chi connectivity index (χ4v) is 2.21. The molecule has 0 atom stereocenters. The molecular formula is C17H17NO6. The number of oxime groups is 1. The van der Waals surface area contributed by atoms with Gasteiger partial charge in [0.05, 0.1) is 18.4 Å². The van der Waals surface area contributed by atoms with Crippen molar-refractivity contribution < 1.29 is 29.0 Å². The van der Waals surface area contributed by atoms with Crippen LogP contribution in [0.4, 0.5) is 0 Å². The van der Waals surface area contributed by atoms with Gasteiger partial charge in [0.15, 0.2) is 18.1 Å². The normalized spacial score (nSPS) is 15.0. The Labute approximate surface area is 138 Å². The number of methoxy groups -OCH3 is 1. The van der Waals surface area contributed by atoms with Crippen LogP contribution in [0.3, 0.4) is 0 Å². The molecule has 0 aromatic heterocycles. The summed E-state index contributed by atoms with van der Waals surface area (Å²) in [6.07, 6.45) is 3.74. The Kier molecular flexibility index (Phi) is 5.36. The summed E-state index contributed by atoms with van der Waals surface area (Å²) in [5.74, 6) is -0.916. The molecule has 0 saturated carbocycles. The second kappa shape index (κ2) is 7.45. The molecule has 1 aromatic carbocycles. The number of carbonyl (C=O) groups is 2. The topological polar surface area (TPSA) is 94.4 Å². The fourth-order valence-electron chi connectivity index (χ4n) is 2.21. The molecule has 0 aliphatic carbocycles. The number of nitrogens with zero attached hydrogens (tertiary/aromatic N) is 1. The van der Waals surface area contributed by atoms with Gasteiger partial charge in [0.25, 0.3) is 0 Å². The van der Waals surface area contributed by atoms with Crippen LogP contribution in [0.1, 0.15) is 18.1 Å². The van der Waals surface area contributed by atoms with Crippen LogP contribution < -0.4 is 9.47 Å². The highest BCUT2D eigenvalue weighted by molar-refractivity contribution is 6.24. The molecule has 0 saturated heterocycles. The molecule has 2 rings (SSSR count). The largest absolute Gasteiger partial charge is 0.493 e. The molecule has 1 aliphatic heterocycles. The lowest BCUT2D eigenvalue weighted by atomic mass is 10.0. The van der Waals surface area contributed by atoms with E-state index in [0.717, 1.165) is 0 Å². The van der Waals surface area contributed by atoms with E-state index in [1.165, 1.54) is 7.11 Å². The zero-order valence-electron chi connectivity index (χ0n) is 13.4. The van der Waals surface area contributed by atoms with Crippen LogP contribution in [0.15, 0.2) is 35.5 Å². The number of allylic oxidation sites excluding steroid dienone is 1. The van der Waals surface area contributed by atoms with Crippen LogP contribution in [0.5, 0.6) is 11.5 Å². The Hall–Kier alpha value is -3.09. The number of carbonyl (C=O) groups excluding carboxylic acids is 1. The monoisotopic (exact) mass is 331 g/mol. The van der Waals surface area contributed by atoms with E-state index in [1.807, 2.05) is 0 Å². The first-order valence-electron chi connectivity index (χ1n) is 7.10. The molecule has 7 heteroatoms. The summed E-state index contributed by atoms with van der Waals surface area (Å²) in [7, 11) is 1.45. The van der Waals surface area contributed by atoms with Crippen molar-refractivity contribution in [3.8, 4) is 11.5 Å². The van der Waals surface area contributed by atoms with E-state index in [0.29, 0.717) is 40.3 Å². The summed E-state index contributed by atoms with van der Waals surface area (Å²) in [4.78, 5) is 27.0. The van der Waals surface area contributed by atoms with Crippen molar-refractivity contribution >= 4 is 23.7 Å². The molecule has 0 unspecified atom stereocenters. The number of benzene rings is 1. The third-order valence-corrected chi connectivity index (χ3v) is 3.26. The van der Waals surface area contributed by atoms with Gasteiger partial charge in [-0.05, 0) is 37.1 Å². The quantitative estimate of drug-likeness (QED) is 0.468. The molecule has 0 amide bonds. The molecular weight excluding hydrogens is 314 g/mol. The summed E-state index contributed by atoms with van der Waals surface area (Å²) >= 11 is 0. The van der Waals surface area contributed by atoms with Crippen LogP contribution in [0.25, 0.3) is 6.08 Å². The van der Waals surface area contributed by atoms with Crippen molar-refractivity contribution in [1.29, 1.82) is 0 Å². The molecule has 0 radical (unpaired) electrons. The fraction of sp³-hybridized carbons (Fsp3) is 0.235. The number of ether oxygens (including phenoxy) is 2. The molecule has 1 aromatic rings. The van der Waals surface area contributed by atoms with Crippen molar-refractivity contribution in [3.63, 3.8) is 0 Å². The summed E-state index contributed by atoms with van der Waals surface area (Å²) in [5, 5.41) is 12.4. The van der Waals surface area contributed by atoms with Gasteiger partial charge >= 0.3 is 11.9 Å². The molecule has 1 heterocycles. The van der Waals surface area contributed by atoms with Gasteiger partial charge in [0.1, 0.15) is 0 Å². The highest BCUT2D eigenvalue weighted by atomic mass is 16.7. The minimum Gasteiger partial charge on any atom is -0.493 e. The smallest absolute Gasteiger partial charge is 0.367 e. The third kappa shape index (κ3) is 3.81. The van der Waals surface area contributed by atoms with Crippen molar-refractivity contribution in [2.75, 3.05) is 13.7 Å². The van der Waals surface area contributed by atoms with Crippen LogP contribution in [-0.4, -0.2) is 36.5 Å². The zero-order chi connectivity index (χ0) is 17.7. The van der Waals surface area contributed by atoms with Crippen LogP contribution in [0, 0.1) is 0 Å². The van der Waals surface area contributed by atoms with Crippen molar-refractivity contribution in [1.82, 2.24) is 0 Å². The van der Waals surface area contributed by atoms with Crippen molar-refractivity contribution in [2.24, 2.45) is 5.16 Å². The Balaban J connectivity index is 2.47. The zero-order valence-corrected chi connectivity index (χ0v) is 13.4. The van der Waals surface area contributed by atoms with Crippen molar-refractivity contribution in [3.05, 3.63) is 41.5 Å². The van der Waals surface area contributed by atoms with Gasteiger partial charge in [-0.2, -0.15) is 0 Å². The van der Waals surface area contributed by atoms with E-state index >= 15 is 0 Å². The van der Waals surface area contributed by atoms with E-state index in [9.17, 15) is 9.59 Å². The van der Waals surface area contributed by atoms with E-state index in [1.54, 1.807) is 31.2 Å². The first kappa shape index (κ1) is 17.3. The molecule has 126 valence electrons. The highest BCUT2D eigenvalue weighted by Gasteiger charge is 2.22. The van der Waals surface area contributed by atoms with Gasteiger partial charge in [-0.25, -0.2) is 9.59 Å². The standard InChI is InChI=1S/C17H17NO6/c1-4-5-12-6-11(7-13-10(2)18-24-17(13)21)8-14(22-3)16(12)23-9-15(19)20/h4,6-8H,1,5,9H2,2-3H3,(H,19,20)/b13-7-. The minimum absolute atomic E-state index is 0.335. The lowest BCUT2D eigenvalue weighted by molar-refractivity contribution is -0.139. The second-order valence-electron chi connectivity index (χ2n) is 5.00. The van der Waals surface area contributed by atoms with E-state index in [2.05, 4.69) is 16.6 Å². The number of aliphatic carboxylic acids is 1. The minimum atomic E-state index is -1.09. The maximum Gasteiger partial charge on any atom is 0.367 e.